The van der Waals surface area contributed by atoms with Crippen molar-refractivity contribution >= 4 is 29.6 Å². The summed E-state index contributed by atoms with van der Waals surface area (Å²) in [6, 6.07) is 11.9. The lowest BCUT2D eigenvalue weighted by Gasteiger charge is -2.14. The van der Waals surface area contributed by atoms with Crippen LogP contribution in [-0.2, 0) is 6.54 Å². The summed E-state index contributed by atoms with van der Waals surface area (Å²) in [4.78, 5) is 23.4. The summed E-state index contributed by atoms with van der Waals surface area (Å²) in [5.74, 6) is 1.11. The first-order chi connectivity index (χ1) is 14.4. The van der Waals surface area contributed by atoms with Crippen LogP contribution in [0, 0.1) is 5.92 Å². The second-order valence-corrected chi connectivity index (χ2v) is 7.42. The number of hydrazone groups is 1. The molecule has 6 nitrogen and oxygen atoms in total. The summed E-state index contributed by atoms with van der Waals surface area (Å²) in [6.07, 6.45) is 4.13. The number of ether oxygens (including phenoxy) is 1. The average molecular weight is 428 g/mol. The molecule has 2 aromatic rings. The molecule has 0 aliphatic carbocycles. The van der Waals surface area contributed by atoms with E-state index in [-0.39, 0.29) is 5.91 Å². The topological polar surface area (TPSA) is 79.8 Å². The number of rotatable bonds is 9. The number of nitrogens with one attached hydrogen (secondary N) is 2. The van der Waals surface area contributed by atoms with Crippen LogP contribution in [0.1, 0.15) is 47.1 Å². The van der Waals surface area contributed by atoms with E-state index in [0.29, 0.717) is 47.3 Å². The highest BCUT2D eigenvalue weighted by Gasteiger charge is 2.09. The third-order valence-corrected chi connectivity index (χ3v) is 4.15. The lowest BCUT2D eigenvalue weighted by Crippen LogP contribution is -2.31. The molecule has 0 saturated heterocycles. The first-order valence-corrected chi connectivity index (χ1v) is 10.0. The quantitative estimate of drug-likeness (QED) is 0.265. The number of allylic oxidation sites excluding steroid dienone is 1. The maximum atomic E-state index is 12.5. The maximum absolute atomic E-state index is 12.5. The Morgan fingerprint density at radius 2 is 2.03 bits per heavy atom. The molecule has 0 fully saturated rings. The van der Waals surface area contributed by atoms with Crippen molar-refractivity contribution in [3.63, 3.8) is 0 Å². The van der Waals surface area contributed by atoms with Crippen molar-refractivity contribution in [1.82, 2.24) is 10.7 Å². The van der Waals surface area contributed by atoms with E-state index < -0.39 is 0 Å². The highest BCUT2D eigenvalue weighted by atomic mass is 35.5. The van der Waals surface area contributed by atoms with E-state index in [2.05, 4.69) is 29.7 Å². The average Bonchev–Trinajstić information content (AvgIpc) is 2.73. The van der Waals surface area contributed by atoms with Crippen LogP contribution in [0.25, 0.3) is 0 Å². The van der Waals surface area contributed by atoms with Gasteiger partial charge in [-0.25, -0.2) is 0 Å². The van der Waals surface area contributed by atoms with Gasteiger partial charge in [-0.1, -0.05) is 43.7 Å². The minimum absolute atomic E-state index is 0.339. The van der Waals surface area contributed by atoms with Gasteiger partial charge in [-0.15, -0.1) is 0 Å². The number of nitrogens with zero attached hydrogens (tertiary/aromatic N) is 1. The summed E-state index contributed by atoms with van der Waals surface area (Å²) < 4.78 is 5.84. The smallest absolute Gasteiger partial charge is 0.256 e. The molecular weight excluding hydrogens is 402 g/mol. The molecule has 0 spiro atoms. The van der Waals surface area contributed by atoms with Crippen molar-refractivity contribution < 1.29 is 14.3 Å². The fraction of sp³-hybridized carbons (Fsp3) is 0.261. The molecule has 0 aliphatic rings. The predicted molar refractivity (Wildman–Crippen MR) is 120 cm³/mol. The SMILES string of the molecule is C/C=C/C(=N\NCc1cc(Cl)ccc1OCC(C)C)NC(=O)c1cccc(C=O)c1. The van der Waals surface area contributed by atoms with Gasteiger partial charge in [-0.05, 0) is 49.2 Å². The van der Waals surface area contributed by atoms with Crippen LogP contribution in [0.3, 0.4) is 0 Å². The second-order valence-electron chi connectivity index (χ2n) is 6.99. The number of amides is 1. The zero-order chi connectivity index (χ0) is 21.9. The Balaban J connectivity index is 2.09. The number of amidine groups is 1. The van der Waals surface area contributed by atoms with E-state index in [4.69, 9.17) is 16.3 Å². The maximum Gasteiger partial charge on any atom is 0.256 e. The van der Waals surface area contributed by atoms with Gasteiger partial charge >= 0.3 is 0 Å². The van der Waals surface area contributed by atoms with Gasteiger partial charge in [0.1, 0.15) is 12.0 Å². The number of benzene rings is 2. The van der Waals surface area contributed by atoms with Crippen LogP contribution in [-0.4, -0.2) is 24.6 Å². The molecule has 0 atom stereocenters. The van der Waals surface area contributed by atoms with Gasteiger partial charge in [0.25, 0.3) is 5.91 Å². The largest absolute Gasteiger partial charge is 0.493 e. The standard InChI is InChI=1S/C23H26ClN3O3/c1-4-6-22(26-23(29)18-8-5-7-17(11-18)14-28)27-25-13-19-12-20(24)9-10-21(19)30-15-16(2)3/h4-12,14,16,25H,13,15H2,1-3H3,(H,26,27,29)/b6-4+. The van der Waals surface area contributed by atoms with Crippen molar-refractivity contribution in [1.29, 1.82) is 0 Å². The van der Waals surface area contributed by atoms with Crippen molar-refractivity contribution in [2.24, 2.45) is 11.0 Å². The molecule has 0 radical (unpaired) electrons. The molecule has 7 heteroatoms. The Hall–Kier alpha value is -3.12. The molecule has 2 N–H and O–H groups in total. The first-order valence-electron chi connectivity index (χ1n) is 9.64. The van der Waals surface area contributed by atoms with Crippen LogP contribution in [0.2, 0.25) is 5.02 Å². The second kappa shape index (κ2) is 11.8. The predicted octanol–water partition coefficient (Wildman–Crippen LogP) is 4.60. The third-order valence-electron chi connectivity index (χ3n) is 3.91. The van der Waals surface area contributed by atoms with E-state index in [1.165, 1.54) is 6.07 Å². The van der Waals surface area contributed by atoms with Gasteiger partial charge in [-0.3, -0.25) is 9.59 Å². The summed E-state index contributed by atoms with van der Waals surface area (Å²) in [5, 5.41) is 7.59. The van der Waals surface area contributed by atoms with Gasteiger partial charge in [0.2, 0.25) is 0 Å². The molecule has 0 bridgehead atoms. The number of hydrogen-bond donors (Lipinski definition) is 2. The van der Waals surface area contributed by atoms with Gasteiger partial charge in [0, 0.05) is 21.7 Å². The summed E-state index contributed by atoms with van der Waals surface area (Å²) >= 11 is 6.12. The first kappa shape index (κ1) is 23.2. The number of carbonyl (C=O) groups is 2. The Morgan fingerprint density at radius 3 is 2.73 bits per heavy atom. The highest BCUT2D eigenvalue weighted by Crippen LogP contribution is 2.23. The number of aldehydes is 1. The summed E-state index contributed by atoms with van der Waals surface area (Å²) in [7, 11) is 0. The van der Waals surface area contributed by atoms with Crippen LogP contribution in [0.4, 0.5) is 0 Å². The molecule has 0 aliphatic heterocycles. The zero-order valence-electron chi connectivity index (χ0n) is 17.3. The fourth-order valence-electron chi connectivity index (χ4n) is 2.50. The molecule has 30 heavy (non-hydrogen) atoms. The van der Waals surface area contributed by atoms with E-state index >= 15 is 0 Å². The number of carbonyl (C=O) groups excluding carboxylic acids is 2. The van der Waals surface area contributed by atoms with Crippen LogP contribution in [0.5, 0.6) is 5.75 Å². The number of hydrogen-bond acceptors (Lipinski definition) is 5. The molecule has 2 aromatic carbocycles. The lowest BCUT2D eigenvalue weighted by atomic mass is 10.1. The molecule has 2 rings (SSSR count). The molecular formula is C23H26ClN3O3. The molecule has 158 valence electrons. The molecule has 0 heterocycles. The Labute approximate surface area is 182 Å². The van der Waals surface area contributed by atoms with Crippen molar-refractivity contribution in [3.8, 4) is 5.75 Å². The van der Waals surface area contributed by atoms with Crippen LogP contribution >= 0.6 is 11.6 Å². The van der Waals surface area contributed by atoms with Crippen LogP contribution in [0.15, 0.2) is 59.7 Å². The summed E-state index contributed by atoms with van der Waals surface area (Å²) in [5.41, 5.74) is 4.61. The van der Waals surface area contributed by atoms with Gasteiger partial charge in [0.15, 0.2) is 5.84 Å². The normalized spacial score (nSPS) is 11.6. The minimum atomic E-state index is -0.360. The monoisotopic (exact) mass is 427 g/mol. The Morgan fingerprint density at radius 1 is 1.23 bits per heavy atom. The minimum Gasteiger partial charge on any atom is -0.493 e. The van der Waals surface area contributed by atoms with E-state index in [1.807, 2.05) is 19.1 Å². The molecule has 0 aromatic heterocycles. The lowest BCUT2D eigenvalue weighted by molar-refractivity contribution is 0.0977. The molecule has 0 saturated carbocycles. The number of halogens is 1. The highest BCUT2D eigenvalue weighted by molar-refractivity contribution is 6.30. The van der Waals surface area contributed by atoms with Crippen molar-refractivity contribution in [3.05, 3.63) is 76.3 Å². The van der Waals surface area contributed by atoms with Crippen molar-refractivity contribution in [2.75, 3.05) is 6.61 Å². The zero-order valence-corrected chi connectivity index (χ0v) is 18.1. The Bertz CT molecular complexity index is 939. The van der Waals surface area contributed by atoms with Gasteiger partial charge in [-0.2, -0.15) is 5.10 Å². The Kier molecular flexibility index (Phi) is 9.09. The molecule has 0 unspecified atom stereocenters. The third kappa shape index (κ3) is 7.37. The fourth-order valence-corrected chi connectivity index (χ4v) is 2.69. The van der Waals surface area contributed by atoms with E-state index in [9.17, 15) is 9.59 Å². The van der Waals surface area contributed by atoms with Gasteiger partial charge < -0.3 is 15.5 Å². The summed E-state index contributed by atoms with van der Waals surface area (Å²) in [6.45, 7) is 6.94. The van der Waals surface area contributed by atoms with E-state index in [0.717, 1.165) is 11.3 Å². The van der Waals surface area contributed by atoms with E-state index in [1.54, 1.807) is 36.4 Å². The van der Waals surface area contributed by atoms with Crippen LogP contribution < -0.4 is 15.5 Å². The van der Waals surface area contributed by atoms with Crippen molar-refractivity contribution in [2.45, 2.75) is 27.3 Å². The molecule has 1 amide bonds. The van der Waals surface area contributed by atoms with Gasteiger partial charge in [0.05, 0.1) is 13.2 Å².